The fourth-order valence-electron chi connectivity index (χ4n) is 12.0. The Morgan fingerprint density at radius 3 is 2.00 bits per heavy atom. The first-order valence-corrected chi connectivity index (χ1v) is 23.5. The molecule has 0 aliphatic heterocycles. The van der Waals surface area contributed by atoms with Gasteiger partial charge in [-0.2, -0.15) is 0 Å². The van der Waals surface area contributed by atoms with Crippen molar-refractivity contribution in [3.05, 3.63) is 264 Å². The molecule has 13 rings (SSSR count). The zero-order valence-electron chi connectivity index (χ0n) is 37.0. The van der Waals surface area contributed by atoms with Gasteiger partial charge in [0, 0.05) is 33.2 Å². The van der Waals surface area contributed by atoms with Gasteiger partial charge in [0.15, 0.2) is 0 Å². The lowest BCUT2D eigenvalue weighted by Gasteiger charge is -2.34. The summed E-state index contributed by atoms with van der Waals surface area (Å²) in [5.74, 6) is 0.238. The fraction of sp³-hybridized carbons (Fsp3) is 0.0938. The molecule has 0 fully saturated rings. The number of benzene rings is 9. The third kappa shape index (κ3) is 5.74. The molecule has 1 aromatic heterocycles. The van der Waals surface area contributed by atoms with Gasteiger partial charge in [-0.1, -0.05) is 195 Å². The Morgan fingerprint density at radius 1 is 0.515 bits per heavy atom. The molecule has 314 valence electrons. The van der Waals surface area contributed by atoms with Crippen LogP contribution in [0.4, 0.5) is 11.4 Å². The molecule has 0 saturated carbocycles. The van der Waals surface area contributed by atoms with Crippen molar-refractivity contribution in [3.63, 3.8) is 0 Å². The van der Waals surface area contributed by atoms with Crippen LogP contribution in [0.15, 0.2) is 236 Å². The first-order chi connectivity index (χ1) is 32.7. The van der Waals surface area contributed by atoms with Crippen molar-refractivity contribution in [2.75, 3.05) is 4.90 Å². The van der Waals surface area contributed by atoms with Gasteiger partial charge in [-0.05, 0) is 128 Å². The summed E-state index contributed by atoms with van der Waals surface area (Å²) in [6.45, 7) is 2.43. The van der Waals surface area contributed by atoms with Crippen LogP contribution in [0.25, 0.3) is 65.7 Å². The molecular formula is C64H48N2. The van der Waals surface area contributed by atoms with Crippen molar-refractivity contribution in [2.45, 2.75) is 31.6 Å². The smallest absolute Gasteiger partial charge is 0.0713 e. The number of hydrogen-bond acceptors (Lipinski definition) is 1. The van der Waals surface area contributed by atoms with Gasteiger partial charge >= 0.3 is 0 Å². The van der Waals surface area contributed by atoms with Gasteiger partial charge < -0.3 is 9.47 Å². The highest BCUT2D eigenvalue weighted by Gasteiger charge is 2.47. The predicted octanol–water partition coefficient (Wildman–Crippen LogP) is 16.8. The Kier molecular flexibility index (Phi) is 8.96. The summed E-state index contributed by atoms with van der Waals surface area (Å²) in [5, 5.41) is 7.60. The molecule has 0 saturated heterocycles. The summed E-state index contributed by atoms with van der Waals surface area (Å²) in [5.41, 5.74) is 17.7. The minimum absolute atomic E-state index is 0.238. The average Bonchev–Trinajstić information content (AvgIpc) is 3.88. The van der Waals surface area contributed by atoms with E-state index in [2.05, 4.69) is 247 Å². The maximum absolute atomic E-state index is 2.57. The van der Waals surface area contributed by atoms with Crippen LogP contribution < -0.4 is 4.90 Å². The first kappa shape index (κ1) is 38.5. The zero-order chi connectivity index (χ0) is 43.8. The molecule has 3 aliphatic carbocycles. The van der Waals surface area contributed by atoms with Gasteiger partial charge in [0.25, 0.3) is 0 Å². The van der Waals surface area contributed by atoms with E-state index in [0.717, 1.165) is 19.3 Å². The van der Waals surface area contributed by atoms with E-state index in [1.54, 1.807) is 0 Å². The highest BCUT2D eigenvalue weighted by atomic mass is 15.2. The van der Waals surface area contributed by atoms with E-state index in [1.807, 2.05) is 0 Å². The van der Waals surface area contributed by atoms with Crippen LogP contribution in [-0.4, -0.2) is 4.57 Å². The molecule has 66 heavy (non-hydrogen) atoms. The van der Waals surface area contributed by atoms with Crippen LogP contribution in [0.5, 0.6) is 0 Å². The van der Waals surface area contributed by atoms with E-state index in [0.29, 0.717) is 0 Å². The predicted molar refractivity (Wildman–Crippen MR) is 279 cm³/mol. The number of aromatic nitrogens is 1. The molecule has 1 heterocycles. The van der Waals surface area contributed by atoms with E-state index in [1.165, 1.54) is 111 Å². The van der Waals surface area contributed by atoms with Crippen LogP contribution >= 0.6 is 0 Å². The second-order valence-electron chi connectivity index (χ2n) is 18.3. The van der Waals surface area contributed by atoms with Gasteiger partial charge in [-0.15, -0.1) is 0 Å². The molecule has 0 amide bonds. The number of anilines is 2. The second-order valence-corrected chi connectivity index (χ2v) is 18.3. The van der Waals surface area contributed by atoms with Crippen LogP contribution in [0, 0.1) is 5.92 Å². The van der Waals surface area contributed by atoms with E-state index >= 15 is 0 Å². The Morgan fingerprint density at radius 2 is 1.20 bits per heavy atom. The van der Waals surface area contributed by atoms with Crippen LogP contribution in [0.2, 0.25) is 0 Å². The molecule has 3 aliphatic rings. The van der Waals surface area contributed by atoms with Crippen LogP contribution in [0.1, 0.15) is 54.0 Å². The summed E-state index contributed by atoms with van der Waals surface area (Å²) >= 11 is 0. The Bertz CT molecular complexity index is 3650. The summed E-state index contributed by atoms with van der Waals surface area (Å²) in [4.78, 5) is 2.57. The summed E-state index contributed by atoms with van der Waals surface area (Å²) in [7, 11) is 0. The number of para-hydroxylation sites is 1. The van der Waals surface area contributed by atoms with Crippen molar-refractivity contribution in [3.8, 4) is 11.1 Å². The van der Waals surface area contributed by atoms with Crippen LogP contribution in [-0.2, 0) is 5.41 Å². The molecule has 0 bridgehead atoms. The van der Waals surface area contributed by atoms with Crippen molar-refractivity contribution in [2.24, 2.45) is 5.92 Å². The highest BCUT2D eigenvalue weighted by molar-refractivity contribution is 6.14. The first-order valence-electron chi connectivity index (χ1n) is 23.5. The second kappa shape index (κ2) is 15.4. The highest BCUT2D eigenvalue weighted by Crippen LogP contribution is 2.58. The Hall–Kier alpha value is -7.94. The van der Waals surface area contributed by atoms with E-state index in [-0.39, 0.29) is 5.92 Å². The molecule has 1 unspecified atom stereocenters. The third-order valence-electron chi connectivity index (χ3n) is 14.8. The molecule has 0 spiro atoms. The normalized spacial score (nSPS) is 16.3. The van der Waals surface area contributed by atoms with Gasteiger partial charge in [-0.3, -0.25) is 0 Å². The average molecular weight is 845 g/mol. The maximum Gasteiger partial charge on any atom is 0.0713 e. The number of nitrogens with zero attached hydrogens (tertiary/aromatic N) is 2. The van der Waals surface area contributed by atoms with Crippen molar-refractivity contribution >= 4 is 66.0 Å². The fourth-order valence-corrected chi connectivity index (χ4v) is 12.0. The monoisotopic (exact) mass is 844 g/mol. The van der Waals surface area contributed by atoms with Crippen molar-refractivity contribution in [1.29, 1.82) is 0 Å². The van der Waals surface area contributed by atoms with Gasteiger partial charge in [0.05, 0.1) is 22.1 Å². The number of rotatable bonds is 7. The standard InChI is InChI=1S/C64H48N2/c1-43-41-48(36-39-50(43)55-30-17-32-59-63(55)56-28-13-15-31-58(56)64(59,45-20-5-2-6-21-45)46-22-7-3-8-23-46)65(60-34-18-29-52-51-26-12-11-19-44(51)35-38-54(52)60)49-37-40-62-57(42-49)53-27-14-16-33-61(53)66(62)47-24-9-4-10-25-47/h2-9,11-24,26-40,42-43H,10,25,41H2,1H3. The zero-order valence-corrected chi connectivity index (χ0v) is 37.0. The molecule has 0 N–H and O–H groups in total. The quantitative estimate of drug-likeness (QED) is 0.145. The largest absolute Gasteiger partial charge is 0.314 e. The lowest BCUT2D eigenvalue weighted by molar-refractivity contribution is 0.715. The topological polar surface area (TPSA) is 8.17 Å². The molecule has 9 aromatic carbocycles. The Labute approximate surface area is 386 Å². The van der Waals surface area contributed by atoms with Crippen LogP contribution in [0.3, 0.4) is 0 Å². The minimum Gasteiger partial charge on any atom is -0.314 e. The molecule has 0 radical (unpaired) electrons. The summed E-state index contributed by atoms with van der Waals surface area (Å²) in [6, 6.07) is 74.8. The van der Waals surface area contributed by atoms with Crippen molar-refractivity contribution < 1.29 is 0 Å². The summed E-state index contributed by atoms with van der Waals surface area (Å²) in [6.07, 6.45) is 14.6. The Balaban J connectivity index is 1.02. The van der Waals surface area contributed by atoms with Crippen molar-refractivity contribution in [1.82, 2.24) is 4.57 Å². The maximum atomic E-state index is 2.57. The molecule has 2 heteroatoms. The lowest BCUT2D eigenvalue weighted by Crippen LogP contribution is -2.28. The molecule has 2 nitrogen and oxygen atoms in total. The number of fused-ring (bicyclic) bond motifs is 9. The van der Waals surface area contributed by atoms with Gasteiger partial charge in [-0.25, -0.2) is 0 Å². The molecular weight excluding hydrogens is 797 g/mol. The van der Waals surface area contributed by atoms with E-state index in [9.17, 15) is 0 Å². The molecule has 1 atom stereocenters. The summed E-state index contributed by atoms with van der Waals surface area (Å²) < 4.78 is 2.49. The number of hydrogen-bond donors (Lipinski definition) is 0. The lowest BCUT2D eigenvalue weighted by atomic mass is 9.67. The number of allylic oxidation sites excluding steroid dienone is 8. The SMILES string of the molecule is CC1CC(N(c2ccc3c(c2)c2ccccc2n3C2=CC=CCC2)c2cccc3c2ccc2ccccc23)=CC=C1c1cccc2c1-c1ccccc1C2(c1ccccc1)c1ccccc1. The van der Waals surface area contributed by atoms with E-state index < -0.39 is 5.41 Å². The third-order valence-corrected chi connectivity index (χ3v) is 14.8. The van der Waals surface area contributed by atoms with Gasteiger partial charge in [0.2, 0.25) is 0 Å². The van der Waals surface area contributed by atoms with E-state index in [4.69, 9.17) is 0 Å². The van der Waals surface area contributed by atoms with Gasteiger partial charge in [0.1, 0.15) is 0 Å². The molecule has 10 aromatic rings. The minimum atomic E-state index is -0.439.